The van der Waals surface area contributed by atoms with Crippen LogP contribution in [0.5, 0.6) is 5.75 Å². The minimum atomic E-state index is -0.493. The third-order valence-corrected chi connectivity index (χ3v) is 2.79. The quantitative estimate of drug-likeness (QED) is 0.900. The Balaban J connectivity index is 1.85. The maximum atomic E-state index is 8.43. The second kappa shape index (κ2) is 5.91. The molecule has 1 aromatic carbocycles. The van der Waals surface area contributed by atoms with Gasteiger partial charge in [0.25, 0.3) is 0 Å². The van der Waals surface area contributed by atoms with Crippen LogP contribution in [0.15, 0.2) is 24.3 Å². The van der Waals surface area contributed by atoms with Gasteiger partial charge in [-0.3, -0.25) is 0 Å². The summed E-state index contributed by atoms with van der Waals surface area (Å²) in [7, 11) is 0. The van der Waals surface area contributed by atoms with E-state index < -0.39 is 5.79 Å². The molecule has 0 radical (unpaired) electrons. The highest BCUT2D eigenvalue weighted by molar-refractivity contribution is 5.47. The molecular weight excluding hydrogens is 244 g/mol. The van der Waals surface area contributed by atoms with Crippen LogP contribution in [0.25, 0.3) is 0 Å². The number of hydrogen-bond acceptors (Lipinski definition) is 5. The Morgan fingerprint density at radius 1 is 1.32 bits per heavy atom. The summed E-state index contributed by atoms with van der Waals surface area (Å²) >= 11 is 0. The molecule has 1 saturated heterocycles. The van der Waals surface area contributed by atoms with Gasteiger partial charge in [0, 0.05) is 5.69 Å². The molecule has 1 N–H and O–H groups in total. The molecule has 1 aliphatic rings. The number of nitriles is 1. The molecule has 1 aliphatic heterocycles. The molecule has 0 saturated carbocycles. The highest BCUT2D eigenvalue weighted by Gasteiger charge is 2.28. The van der Waals surface area contributed by atoms with Crippen molar-refractivity contribution in [2.24, 2.45) is 0 Å². The lowest BCUT2D eigenvalue weighted by Gasteiger charge is -2.35. The number of nitrogens with one attached hydrogen (secondary N) is 1. The summed E-state index contributed by atoms with van der Waals surface area (Å²) in [5.74, 6) is 0.192. The van der Waals surface area contributed by atoms with Crippen LogP contribution in [-0.4, -0.2) is 31.6 Å². The fourth-order valence-corrected chi connectivity index (χ4v) is 1.77. The first-order valence-corrected chi connectivity index (χ1v) is 6.23. The van der Waals surface area contributed by atoms with Crippen molar-refractivity contribution < 1.29 is 14.2 Å². The highest BCUT2D eigenvalue weighted by Crippen LogP contribution is 2.21. The first-order valence-electron chi connectivity index (χ1n) is 6.23. The summed E-state index contributed by atoms with van der Waals surface area (Å²) in [6, 6.07) is 9.54. The summed E-state index contributed by atoms with van der Waals surface area (Å²) in [6.07, 6.45) is 0. The molecule has 2 rings (SSSR count). The first-order chi connectivity index (χ1) is 9.09. The molecule has 5 heteroatoms. The Hall–Kier alpha value is -1.77. The number of nitrogens with zero attached hydrogens (tertiary/aromatic N) is 1. The molecule has 0 atom stereocenters. The van der Waals surface area contributed by atoms with E-state index in [2.05, 4.69) is 5.32 Å². The minimum Gasteiger partial charge on any atom is -0.479 e. The van der Waals surface area contributed by atoms with Crippen LogP contribution in [0.3, 0.4) is 0 Å². The van der Waals surface area contributed by atoms with Crippen molar-refractivity contribution >= 4 is 5.69 Å². The van der Waals surface area contributed by atoms with Gasteiger partial charge in [0.2, 0.25) is 0 Å². The van der Waals surface area contributed by atoms with E-state index in [-0.39, 0.29) is 12.6 Å². The van der Waals surface area contributed by atoms with Crippen molar-refractivity contribution in [3.8, 4) is 11.8 Å². The van der Waals surface area contributed by atoms with E-state index in [1.165, 1.54) is 0 Å². The van der Waals surface area contributed by atoms with Gasteiger partial charge in [-0.1, -0.05) is 0 Å². The minimum absolute atomic E-state index is 0.0617. The predicted molar refractivity (Wildman–Crippen MR) is 70.9 cm³/mol. The van der Waals surface area contributed by atoms with Crippen LogP contribution >= 0.6 is 0 Å². The maximum Gasteiger partial charge on any atom is 0.174 e. The van der Waals surface area contributed by atoms with Crippen molar-refractivity contribution in [3.05, 3.63) is 24.3 Å². The number of rotatable bonds is 4. The molecule has 1 aromatic rings. The average molecular weight is 262 g/mol. The third-order valence-electron chi connectivity index (χ3n) is 2.79. The lowest BCUT2D eigenvalue weighted by Crippen LogP contribution is -2.45. The fourth-order valence-electron chi connectivity index (χ4n) is 1.77. The van der Waals surface area contributed by atoms with Gasteiger partial charge in [0.1, 0.15) is 11.8 Å². The van der Waals surface area contributed by atoms with E-state index in [4.69, 9.17) is 19.5 Å². The lowest BCUT2D eigenvalue weighted by atomic mass is 10.2. The van der Waals surface area contributed by atoms with E-state index >= 15 is 0 Å². The number of hydrogen-bond donors (Lipinski definition) is 1. The normalized spacial score (nSPS) is 18.6. The van der Waals surface area contributed by atoms with E-state index in [1.54, 1.807) is 0 Å². The molecule has 0 unspecified atom stereocenters. The van der Waals surface area contributed by atoms with Crippen molar-refractivity contribution in [2.45, 2.75) is 25.7 Å². The zero-order chi connectivity index (χ0) is 13.7. The third kappa shape index (κ3) is 4.12. The summed E-state index contributed by atoms with van der Waals surface area (Å²) in [5, 5.41) is 11.8. The molecule has 0 spiro atoms. The Morgan fingerprint density at radius 2 is 1.95 bits per heavy atom. The second-order valence-corrected chi connectivity index (χ2v) is 4.83. The number of ether oxygens (including phenoxy) is 3. The van der Waals surface area contributed by atoms with Gasteiger partial charge in [0.05, 0.1) is 19.3 Å². The number of anilines is 1. The summed E-state index contributed by atoms with van der Waals surface area (Å²) in [4.78, 5) is 0. The largest absolute Gasteiger partial charge is 0.479 e. The second-order valence-electron chi connectivity index (χ2n) is 4.83. The SMILES string of the molecule is CC1(C)OCC(Nc2ccc(OCC#N)cc2)CO1. The van der Waals surface area contributed by atoms with Crippen LogP contribution in [-0.2, 0) is 9.47 Å². The fraction of sp³-hybridized carbons (Fsp3) is 0.500. The highest BCUT2D eigenvalue weighted by atomic mass is 16.7. The Bertz CT molecular complexity index is 441. The van der Waals surface area contributed by atoms with Gasteiger partial charge in [-0.05, 0) is 38.1 Å². The van der Waals surface area contributed by atoms with Gasteiger partial charge in [-0.25, -0.2) is 0 Å². The van der Waals surface area contributed by atoms with Gasteiger partial charge in [0.15, 0.2) is 12.4 Å². The molecule has 1 heterocycles. The zero-order valence-corrected chi connectivity index (χ0v) is 11.2. The number of benzene rings is 1. The standard InChI is InChI=1S/C14H18N2O3/c1-14(2)18-9-12(10-19-14)16-11-3-5-13(6-4-11)17-8-7-15/h3-6,12,16H,8-10H2,1-2H3. The molecular formula is C14H18N2O3. The van der Waals surface area contributed by atoms with E-state index in [1.807, 2.05) is 44.2 Å². The van der Waals surface area contributed by atoms with Crippen molar-refractivity contribution in [1.29, 1.82) is 5.26 Å². The summed E-state index contributed by atoms with van der Waals surface area (Å²) in [6.45, 7) is 5.10. The molecule has 102 valence electrons. The average Bonchev–Trinajstić information content (AvgIpc) is 2.40. The van der Waals surface area contributed by atoms with Crippen molar-refractivity contribution in [1.82, 2.24) is 0 Å². The van der Waals surface area contributed by atoms with Crippen LogP contribution in [0, 0.1) is 11.3 Å². The zero-order valence-electron chi connectivity index (χ0n) is 11.2. The molecule has 0 amide bonds. The van der Waals surface area contributed by atoms with Crippen LogP contribution in [0.2, 0.25) is 0 Å². The Kier molecular flexibility index (Phi) is 4.25. The summed E-state index contributed by atoms with van der Waals surface area (Å²) in [5.41, 5.74) is 0.973. The molecule has 19 heavy (non-hydrogen) atoms. The van der Waals surface area contributed by atoms with Crippen LogP contribution in [0.4, 0.5) is 5.69 Å². The molecule has 0 aliphatic carbocycles. The van der Waals surface area contributed by atoms with Gasteiger partial charge < -0.3 is 19.5 Å². The topological polar surface area (TPSA) is 63.5 Å². The van der Waals surface area contributed by atoms with Crippen LogP contribution in [0.1, 0.15) is 13.8 Å². The Labute approximate surface area is 113 Å². The van der Waals surface area contributed by atoms with Gasteiger partial charge >= 0.3 is 0 Å². The van der Waals surface area contributed by atoms with Crippen molar-refractivity contribution in [3.63, 3.8) is 0 Å². The molecule has 0 bridgehead atoms. The van der Waals surface area contributed by atoms with Gasteiger partial charge in [-0.15, -0.1) is 0 Å². The molecule has 1 fully saturated rings. The molecule has 0 aromatic heterocycles. The maximum absolute atomic E-state index is 8.43. The Morgan fingerprint density at radius 3 is 2.53 bits per heavy atom. The lowest BCUT2D eigenvalue weighted by molar-refractivity contribution is -0.247. The predicted octanol–water partition coefficient (Wildman–Crippen LogP) is 2.15. The first kappa shape index (κ1) is 13.7. The van der Waals surface area contributed by atoms with E-state index in [0.717, 1.165) is 5.69 Å². The monoisotopic (exact) mass is 262 g/mol. The van der Waals surface area contributed by atoms with Crippen LogP contribution < -0.4 is 10.1 Å². The van der Waals surface area contributed by atoms with E-state index in [9.17, 15) is 0 Å². The van der Waals surface area contributed by atoms with Crippen molar-refractivity contribution in [2.75, 3.05) is 25.1 Å². The summed E-state index contributed by atoms with van der Waals surface area (Å²) < 4.78 is 16.4. The smallest absolute Gasteiger partial charge is 0.174 e. The molecule has 5 nitrogen and oxygen atoms in total. The van der Waals surface area contributed by atoms with Gasteiger partial charge in [-0.2, -0.15) is 5.26 Å². The van der Waals surface area contributed by atoms with E-state index in [0.29, 0.717) is 19.0 Å².